The van der Waals surface area contributed by atoms with Crippen LogP contribution in [0, 0.1) is 0 Å². The summed E-state index contributed by atoms with van der Waals surface area (Å²) in [6.07, 6.45) is 2.54. The first kappa shape index (κ1) is 12.0. The Hall–Kier alpha value is -1.06. The Balaban J connectivity index is 1.82. The summed E-state index contributed by atoms with van der Waals surface area (Å²) in [5.41, 5.74) is 1.58. The van der Waals surface area contributed by atoms with Gasteiger partial charge >= 0.3 is 0 Å². The minimum absolute atomic E-state index is 0.196. The second-order valence-corrected chi connectivity index (χ2v) is 5.26. The van der Waals surface area contributed by atoms with Crippen LogP contribution in [0.25, 0.3) is 0 Å². The summed E-state index contributed by atoms with van der Waals surface area (Å²) in [5, 5.41) is 3.63. The molecule has 0 aromatic heterocycles. The molecule has 0 spiro atoms. The van der Waals surface area contributed by atoms with Gasteiger partial charge < -0.3 is 14.8 Å². The molecule has 0 amide bonds. The molecule has 0 aliphatic carbocycles. The monoisotopic (exact) mass is 247 g/mol. The van der Waals surface area contributed by atoms with Gasteiger partial charge in [-0.15, -0.1) is 0 Å². The molecule has 3 heteroatoms. The fourth-order valence-electron chi connectivity index (χ4n) is 3.10. The molecule has 3 nitrogen and oxygen atoms in total. The molecule has 1 atom stereocenters. The van der Waals surface area contributed by atoms with Gasteiger partial charge in [0.2, 0.25) is 0 Å². The lowest BCUT2D eigenvalue weighted by Crippen LogP contribution is -2.58. The number of rotatable bonds is 4. The van der Waals surface area contributed by atoms with Crippen molar-refractivity contribution >= 4 is 0 Å². The van der Waals surface area contributed by atoms with Crippen molar-refractivity contribution in [2.75, 3.05) is 26.4 Å². The Morgan fingerprint density at radius 1 is 1.33 bits per heavy atom. The molecule has 2 aliphatic heterocycles. The molecule has 2 aliphatic rings. The Bertz CT molecular complexity index is 391. The molecule has 0 radical (unpaired) electrons. The Morgan fingerprint density at radius 2 is 2.11 bits per heavy atom. The van der Waals surface area contributed by atoms with Crippen molar-refractivity contribution in [1.82, 2.24) is 5.32 Å². The third kappa shape index (κ3) is 1.91. The molecule has 1 aromatic rings. The highest BCUT2D eigenvalue weighted by Crippen LogP contribution is 2.39. The van der Waals surface area contributed by atoms with E-state index in [4.69, 9.17) is 9.47 Å². The van der Waals surface area contributed by atoms with E-state index in [0.29, 0.717) is 6.04 Å². The Labute approximate surface area is 108 Å². The van der Waals surface area contributed by atoms with Gasteiger partial charge in [-0.1, -0.05) is 12.1 Å². The molecule has 0 bridgehead atoms. The summed E-state index contributed by atoms with van der Waals surface area (Å²) in [6, 6.07) is 9.13. The molecule has 98 valence electrons. The van der Waals surface area contributed by atoms with Gasteiger partial charge in [0.25, 0.3) is 0 Å². The smallest absolute Gasteiger partial charge is 0.119 e. The average Bonchev–Trinajstić information content (AvgIpc) is 2.84. The molecule has 18 heavy (non-hydrogen) atoms. The Morgan fingerprint density at radius 3 is 2.61 bits per heavy atom. The number of ether oxygens (including phenoxy) is 2. The molecular formula is C15H21NO2. The van der Waals surface area contributed by atoms with E-state index in [1.165, 1.54) is 18.4 Å². The number of hydrogen-bond donors (Lipinski definition) is 1. The van der Waals surface area contributed by atoms with Crippen molar-refractivity contribution < 1.29 is 9.47 Å². The molecule has 1 unspecified atom stereocenters. The molecular weight excluding hydrogens is 226 g/mol. The summed E-state index contributed by atoms with van der Waals surface area (Å²) < 4.78 is 11.0. The zero-order valence-electron chi connectivity index (χ0n) is 10.9. The highest BCUT2D eigenvalue weighted by Gasteiger charge is 2.47. The van der Waals surface area contributed by atoms with Gasteiger partial charge in [-0.05, 0) is 44.0 Å². The average molecular weight is 247 g/mol. The van der Waals surface area contributed by atoms with Crippen molar-refractivity contribution in [3.05, 3.63) is 29.8 Å². The van der Waals surface area contributed by atoms with Crippen LogP contribution in [0.1, 0.15) is 25.3 Å². The lowest BCUT2D eigenvalue weighted by molar-refractivity contribution is -0.0761. The predicted molar refractivity (Wildman–Crippen MR) is 71.1 cm³/mol. The lowest BCUT2D eigenvalue weighted by Gasteiger charge is -2.46. The third-order valence-electron chi connectivity index (χ3n) is 4.19. The zero-order chi connectivity index (χ0) is 12.4. The lowest BCUT2D eigenvalue weighted by atomic mass is 9.72. The van der Waals surface area contributed by atoms with E-state index in [9.17, 15) is 0 Å². The van der Waals surface area contributed by atoms with E-state index in [1.807, 2.05) is 6.92 Å². The maximum atomic E-state index is 5.51. The first-order valence-electron chi connectivity index (χ1n) is 6.89. The minimum atomic E-state index is 0.196. The minimum Gasteiger partial charge on any atom is -0.494 e. The fourth-order valence-corrected chi connectivity index (χ4v) is 3.10. The topological polar surface area (TPSA) is 30.5 Å². The van der Waals surface area contributed by atoms with Gasteiger partial charge in [0.15, 0.2) is 0 Å². The predicted octanol–water partition coefficient (Wildman–Crippen LogP) is 2.11. The van der Waals surface area contributed by atoms with Gasteiger partial charge in [-0.25, -0.2) is 0 Å². The van der Waals surface area contributed by atoms with Crippen LogP contribution in [-0.4, -0.2) is 32.4 Å². The standard InChI is InChI=1S/C15H21NO2/c1-2-18-13-7-5-12(6-8-13)15(10-17-11-15)14-4-3-9-16-14/h5-8,14,16H,2-4,9-11H2,1H3. The second-order valence-electron chi connectivity index (χ2n) is 5.26. The van der Waals surface area contributed by atoms with E-state index < -0.39 is 0 Å². The van der Waals surface area contributed by atoms with Gasteiger partial charge in [0.05, 0.1) is 25.2 Å². The molecule has 1 aromatic carbocycles. The van der Waals surface area contributed by atoms with Crippen molar-refractivity contribution in [3.8, 4) is 5.75 Å². The highest BCUT2D eigenvalue weighted by atomic mass is 16.5. The highest BCUT2D eigenvalue weighted by molar-refractivity contribution is 5.36. The first-order chi connectivity index (χ1) is 8.85. The molecule has 3 rings (SSSR count). The van der Waals surface area contributed by atoms with Crippen LogP contribution in [0.5, 0.6) is 5.75 Å². The van der Waals surface area contributed by atoms with Crippen LogP contribution in [0.4, 0.5) is 0 Å². The van der Waals surface area contributed by atoms with Crippen molar-refractivity contribution in [2.24, 2.45) is 0 Å². The fraction of sp³-hybridized carbons (Fsp3) is 0.600. The van der Waals surface area contributed by atoms with Crippen LogP contribution >= 0.6 is 0 Å². The normalized spacial score (nSPS) is 25.7. The van der Waals surface area contributed by atoms with Crippen LogP contribution in [-0.2, 0) is 10.2 Å². The van der Waals surface area contributed by atoms with Crippen LogP contribution in [0.3, 0.4) is 0 Å². The van der Waals surface area contributed by atoms with E-state index in [0.717, 1.165) is 32.1 Å². The molecule has 1 N–H and O–H groups in total. The number of benzene rings is 1. The number of hydrogen-bond acceptors (Lipinski definition) is 3. The molecule has 2 fully saturated rings. The van der Waals surface area contributed by atoms with Crippen LogP contribution < -0.4 is 10.1 Å². The summed E-state index contributed by atoms with van der Waals surface area (Å²) in [5.74, 6) is 0.955. The van der Waals surface area contributed by atoms with Gasteiger partial charge in [0, 0.05) is 6.04 Å². The summed E-state index contributed by atoms with van der Waals surface area (Å²) >= 11 is 0. The largest absolute Gasteiger partial charge is 0.494 e. The first-order valence-corrected chi connectivity index (χ1v) is 6.89. The molecule has 2 saturated heterocycles. The third-order valence-corrected chi connectivity index (χ3v) is 4.19. The van der Waals surface area contributed by atoms with E-state index >= 15 is 0 Å². The summed E-state index contributed by atoms with van der Waals surface area (Å²) in [6.45, 7) is 5.57. The zero-order valence-corrected chi connectivity index (χ0v) is 10.9. The number of nitrogens with one attached hydrogen (secondary N) is 1. The maximum Gasteiger partial charge on any atom is 0.119 e. The maximum absolute atomic E-state index is 5.51. The van der Waals surface area contributed by atoms with Gasteiger partial charge in [-0.3, -0.25) is 0 Å². The second kappa shape index (κ2) is 4.90. The van der Waals surface area contributed by atoms with E-state index in [2.05, 4.69) is 29.6 Å². The van der Waals surface area contributed by atoms with E-state index in [-0.39, 0.29) is 5.41 Å². The van der Waals surface area contributed by atoms with Gasteiger partial charge in [0.1, 0.15) is 5.75 Å². The van der Waals surface area contributed by atoms with Crippen molar-refractivity contribution in [3.63, 3.8) is 0 Å². The summed E-state index contributed by atoms with van der Waals surface area (Å²) in [4.78, 5) is 0. The quantitative estimate of drug-likeness (QED) is 0.884. The van der Waals surface area contributed by atoms with E-state index in [1.54, 1.807) is 0 Å². The summed E-state index contributed by atoms with van der Waals surface area (Å²) in [7, 11) is 0. The van der Waals surface area contributed by atoms with Crippen molar-refractivity contribution in [2.45, 2.75) is 31.2 Å². The van der Waals surface area contributed by atoms with Crippen LogP contribution in [0.15, 0.2) is 24.3 Å². The van der Waals surface area contributed by atoms with Gasteiger partial charge in [-0.2, -0.15) is 0 Å². The Kier molecular flexibility index (Phi) is 3.27. The van der Waals surface area contributed by atoms with Crippen LogP contribution in [0.2, 0.25) is 0 Å². The van der Waals surface area contributed by atoms with Crippen molar-refractivity contribution in [1.29, 1.82) is 0 Å². The molecule has 0 saturated carbocycles. The molecule has 2 heterocycles. The SMILES string of the molecule is CCOc1ccc(C2(C3CCCN3)COC2)cc1.